The number of nitrogens with one attached hydrogen (secondary N) is 1. The summed E-state index contributed by atoms with van der Waals surface area (Å²) in [5.41, 5.74) is 6.11. The predicted molar refractivity (Wildman–Crippen MR) is 116 cm³/mol. The second kappa shape index (κ2) is 10.2. The van der Waals surface area contributed by atoms with E-state index in [2.05, 4.69) is 5.32 Å². The van der Waals surface area contributed by atoms with E-state index in [-0.39, 0.29) is 37.7 Å². The van der Waals surface area contributed by atoms with Gasteiger partial charge in [-0.3, -0.25) is 9.59 Å². The molecule has 8 nitrogen and oxygen atoms in total. The summed E-state index contributed by atoms with van der Waals surface area (Å²) < 4.78 is 27.6. The second-order valence-electron chi connectivity index (χ2n) is 7.00. The average Bonchev–Trinajstić information content (AvgIpc) is 3.25. The van der Waals surface area contributed by atoms with E-state index in [4.69, 9.17) is 5.73 Å². The lowest BCUT2D eigenvalue weighted by Gasteiger charge is -2.41. The quantitative estimate of drug-likeness (QED) is 0.616. The van der Waals surface area contributed by atoms with Crippen LogP contribution in [0.25, 0.3) is 0 Å². The van der Waals surface area contributed by atoms with Crippen LogP contribution >= 0.6 is 11.3 Å². The molecule has 0 spiro atoms. The highest BCUT2D eigenvalue weighted by Gasteiger charge is 2.43. The molecular formula is C20H26N4O4S2. The van der Waals surface area contributed by atoms with Crippen LogP contribution in [0.4, 0.5) is 0 Å². The monoisotopic (exact) mass is 450 g/mol. The molecule has 1 unspecified atom stereocenters. The Labute approximate surface area is 180 Å². The van der Waals surface area contributed by atoms with Crippen molar-refractivity contribution in [2.24, 2.45) is 5.73 Å². The maximum absolute atomic E-state index is 13.2. The smallest absolute Gasteiger partial charge is 0.259 e. The molecule has 10 heteroatoms. The third-order valence-electron chi connectivity index (χ3n) is 4.80. The Kier molecular flexibility index (Phi) is 7.59. The lowest BCUT2D eigenvalue weighted by atomic mass is 10.2. The molecule has 3 rings (SSSR count). The van der Waals surface area contributed by atoms with Gasteiger partial charge in [-0.2, -0.15) is 4.31 Å². The van der Waals surface area contributed by atoms with Crippen molar-refractivity contribution in [1.82, 2.24) is 14.5 Å². The number of sulfonamides is 1. The van der Waals surface area contributed by atoms with Crippen LogP contribution in [-0.4, -0.2) is 61.8 Å². The van der Waals surface area contributed by atoms with Gasteiger partial charge in [0, 0.05) is 31.1 Å². The van der Waals surface area contributed by atoms with Gasteiger partial charge in [-0.05, 0) is 23.4 Å². The molecule has 0 saturated carbocycles. The summed E-state index contributed by atoms with van der Waals surface area (Å²) in [5.74, 6) is -1.04. The minimum Gasteiger partial charge on any atom is -0.352 e. The Morgan fingerprint density at radius 2 is 1.90 bits per heavy atom. The fourth-order valence-corrected chi connectivity index (χ4v) is 5.84. The van der Waals surface area contributed by atoms with Gasteiger partial charge in [-0.1, -0.05) is 36.4 Å². The molecule has 0 radical (unpaired) electrons. The molecule has 3 N–H and O–H groups in total. The molecule has 2 aromatic rings. The van der Waals surface area contributed by atoms with E-state index in [0.29, 0.717) is 18.5 Å². The van der Waals surface area contributed by atoms with Gasteiger partial charge in [0.05, 0.1) is 12.2 Å². The van der Waals surface area contributed by atoms with Crippen LogP contribution in [0.1, 0.15) is 16.9 Å². The zero-order valence-corrected chi connectivity index (χ0v) is 18.2. The van der Waals surface area contributed by atoms with Gasteiger partial charge in [-0.25, -0.2) is 8.42 Å². The number of thiophene rings is 1. The first-order chi connectivity index (χ1) is 14.4. The fourth-order valence-electron chi connectivity index (χ4n) is 3.44. The van der Waals surface area contributed by atoms with E-state index in [1.54, 1.807) is 24.3 Å². The molecule has 1 aromatic carbocycles. The Balaban J connectivity index is 1.87. The first-order valence-corrected chi connectivity index (χ1v) is 12.2. The number of rotatable bonds is 8. The van der Waals surface area contributed by atoms with E-state index < -0.39 is 22.1 Å². The van der Waals surface area contributed by atoms with Crippen molar-refractivity contribution in [2.45, 2.75) is 24.8 Å². The van der Waals surface area contributed by atoms with Crippen molar-refractivity contribution in [3.05, 3.63) is 58.3 Å². The van der Waals surface area contributed by atoms with Crippen LogP contribution in [0.15, 0.2) is 47.8 Å². The summed E-state index contributed by atoms with van der Waals surface area (Å²) in [5, 5.41) is 4.53. The van der Waals surface area contributed by atoms with Crippen LogP contribution in [0.2, 0.25) is 0 Å². The molecule has 1 atom stereocenters. The zero-order chi connectivity index (χ0) is 21.6. The Hall–Kier alpha value is -2.27. The number of nitrogens with two attached hydrogens (primary N) is 1. The van der Waals surface area contributed by atoms with Crippen LogP contribution in [0, 0.1) is 0 Å². The Morgan fingerprint density at radius 3 is 2.57 bits per heavy atom. The van der Waals surface area contributed by atoms with E-state index in [1.165, 1.54) is 16.2 Å². The van der Waals surface area contributed by atoms with Crippen molar-refractivity contribution < 1.29 is 18.0 Å². The number of hydrogen-bond donors (Lipinski definition) is 2. The summed E-state index contributed by atoms with van der Waals surface area (Å²) >= 11 is 1.45. The van der Waals surface area contributed by atoms with Gasteiger partial charge >= 0.3 is 0 Å². The molecule has 0 bridgehead atoms. The Morgan fingerprint density at radius 1 is 1.13 bits per heavy atom. The molecule has 1 aromatic heterocycles. The van der Waals surface area contributed by atoms with Crippen molar-refractivity contribution in [1.29, 1.82) is 0 Å². The molecular weight excluding hydrogens is 424 g/mol. The van der Waals surface area contributed by atoms with E-state index in [1.807, 2.05) is 23.6 Å². The van der Waals surface area contributed by atoms with E-state index >= 15 is 0 Å². The number of benzene rings is 1. The second-order valence-corrected chi connectivity index (χ2v) is 9.96. The van der Waals surface area contributed by atoms with Crippen LogP contribution in [-0.2, 0) is 31.8 Å². The van der Waals surface area contributed by atoms with Crippen molar-refractivity contribution in [3.63, 3.8) is 0 Å². The van der Waals surface area contributed by atoms with Crippen molar-refractivity contribution in [3.8, 4) is 0 Å². The van der Waals surface area contributed by atoms with Gasteiger partial charge in [-0.15, -0.1) is 11.3 Å². The number of amides is 2. The third kappa shape index (κ3) is 5.45. The van der Waals surface area contributed by atoms with E-state index in [0.717, 1.165) is 9.18 Å². The largest absolute Gasteiger partial charge is 0.352 e. The molecule has 162 valence electrons. The lowest BCUT2D eigenvalue weighted by molar-refractivity contribution is -0.146. The van der Waals surface area contributed by atoms with Gasteiger partial charge in [0.1, 0.15) is 0 Å². The molecule has 1 saturated heterocycles. The summed E-state index contributed by atoms with van der Waals surface area (Å²) in [6.07, 6.45) is -0.623. The molecule has 0 aliphatic carbocycles. The highest BCUT2D eigenvalue weighted by molar-refractivity contribution is 7.88. The summed E-state index contributed by atoms with van der Waals surface area (Å²) in [6.45, 7) is 0.925. The maximum atomic E-state index is 13.2. The number of carbonyl (C=O) groups is 2. The van der Waals surface area contributed by atoms with Gasteiger partial charge < -0.3 is 16.0 Å². The first kappa shape index (κ1) is 22.4. The molecule has 2 amide bonds. The SMILES string of the molecule is NCCNC(=O)C1N(C(=O)Cc2cccs2)CCCN1S(=O)(=O)Cc1ccccc1. The highest BCUT2D eigenvalue weighted by Crippen LogP contribution is 2.23. The topological polar surface area (TPSA) is 113 Å². The summed E-state index contributed by atoms with van der Waals surface area (Å²) in [6, 6.07) is 12.5. The Bertz CT molecular complexity index is 948. The van der Waals surface area contributed by atoms with E-state index in [9.17, 15) is 18.0 Å². The van der Waals surface area contributed by atoms with Gasteiger partial charge in [0.15, 0.2) is 6.17 Å². The molecule has 1 aliphatic heterocycles. The number of carbonyl (C=O) groups excluding carboxylic acids is 2. The predicted octanol–water partition coefficient (Wildman–Crippen LogP) is 0.756. The van der Waals surface area contributed by atoms with Gasteiger partial charge in [0.25, 0.3) is 5.91 Å². The highest BCUT2D eigenvalue weighted by atomic mass is 32.2. The first-order valence-electron chi connectivity index (χ1n) is 9.75. The summed E-state index contributed by atoms with van der Waals surface area (Å²) in [7, 11) is -3.83. The van der Waals surface area contributed by atoms with Crippen LogP contribution in [0.3, 0.4) is 0 Å². The average molecular weight is 451 g/mol. The molecule has 1 aliphatic rings. The normalized spacial score (nSPS) is 17.6. The van der Waals surface area contributed by atoms with Crippen LogP contribution in [0.5, 0.6) is 0 Å². The fraction of sp³-hybridized carbons (Fsp3) is 0.400. The minimum atomic E-state index is -3.83. The third-order valence-corrected chi connectivity index (χ3v) is 7.47. The van der Waals surface area contributed by atoms with Crippen molar-refractivity contribution in [2.75, 3.05) is 26.2 Å². The standard InChI is InChI=1S/C20H26N4O4S2/c21-9-10-22-19(26)20-23(18(25)14-17-8-4-13-29-17)11-5-12-24(20)30(27,28)15-16-6-2-1-3-7-16/h1-4,6-8,13,20H,5,9-12,14-15,21H2,(H,22,26). The zero-order valence-electron chi connectivity index (χ0n) is 16.6. The molecule has 1 fully saturated rings. The number of hydrogen-bond acceptors (Lipinski definition) is 6. The van der Waals surface area contributed by atoms with Gasteiger partial charge in [0.2, 0.25) is 15.9 Å². The van der Waals surface area contributed by atoms with Crippen molar-refractivity contribution >= 4 is 33.2 Å². The molecule has 30 heavy (non-hydrogen) atoms. The minimum absolute atomic E-state index is 0.130. The van der Waals surface area contributed by atoms with Crippen LogP contribution < -0.4 is 11.1 Å². The summed E-state index contributed by atoms with van der Waals surface area (Å²) in [4.78, 5) is 28.1. The number of nitrogens with zero attached hydrogens (tertiary/aromatic N) is 2. The molecule has 2 heterocycles. The maximum Gasteiger partial charge on any atom is 0.259 e. The lowest BCUT2D eigenvalue weighted by Crippen LogP contribution is -2.64.